The van der Waals surface area contributed by atoms with Gasteiger partial charge in [-0.1, -0.05) is 31.0 Å². The van der Waals surface area contributed by atoms with Crippen molar-refractivity contribution in [3.63, 3.8) is 0 Å². The second-order valence-corrected chi connectivity index (χ2v) is 8.40. The van der Waals surface area contributed by atoms with Crippen LogP contribution in [0.1, 0.15) is 49.5 Å². The number of likely N-dealkylation sites (tertiary alicyclic amines) is 1. The monoisotopic (exact) mass is 448 g/mol. The van der Waals surface area contributed by atoms with E-state index in [2.05, 4.69) is 15.3 Å². The van der Waals surface area contributed by atoms with E-state index in [4.69, 9.17) is 4.74 Å². The van der Waals surface area contributed by atoms with Gasteiger partial charge in [0.1, 0.15) is 5.75 Å². The first kappa shape index (κ1) is 23.0. The molecule has 1 N–H and O–H groups in total. The van der Waals surface area contributed by atoms with Crippen molar-refractivity contribution in [3.05, 3.63) is 64.6 Å². The summed E-state index contributed by atoms with van der Waals surface area (Å²) in [5.41, 5.74) is 0.589. The lowest BCUT2D eigenvalue weighted by atomic mass is 10.1. The Hall–Kier alpha value is -3.19. The molecular weight excluding hydrogens is 416 g/mol. The number of hydrogen-bond donors (Lipinski definition) is 1. The first-order valence-corrected chi connectivity index (χ1v) is 11.9. The molecule has 2 aromatic carbocycles. The quantitative estimate of drug-likeness (QED) is 0.531. The number of carbonyl (C=O) groups is 1. The van der Waals surface area contributed by atoms with Crippen LogP contribution in [0, 0.1) is 0 Å². The van der Waals surface area contributed by atoms with Crippen molar-refractivity contribution < 1.29 is 9.53 Å². The number of amides is 1. The highest BCUT2D eigenvalue weighted by atomic mass is 16.5. The fraction of sp³-hybridized carbons (Fsp3) is 0.423. The van der Waals surface area contributed by atoms with E-state index in [-0.39, 0.29) is 17.2 Å². The Kier molecular flexibility index (Phi) is 7.73. The van der Waals surface area contributed by atoms with Crippen LogP contribution in [0.15, 0.2) is 53.3 Å². The summed E-state index contributed by atoms with van der Waals surface area (Å²) >= 11 is 0. The van der Waals surface area contributed by atoms with Crippen LogP contribution in [0.5, 0.6) is 5.75 Å². The predicted octanol–water partition coefficient (Wildman–Crippen LogP) is 3.78. The van der Waals surface area contributed by atoms with Crippen LogP contribution in [-0.4, -0.2) is 53.4 Å². The fourth-order valence-corrected chi connectivity index (χ4v) is 4.33. The minimum Gasteiger partial charge on any atom is -0.494 e. The number of ether oxygens (including phenoxy) is 1. The van der Waals surface area contributed by atoms with Crippen LogP contribution in [0.2, 0.25) is 0 Å². The first-order valence-electron chi connectivity index (χ1n) is 11.9. The van der Waals surface area contributed by atoms with Gasteiger partial charge in [0.05, 0.1) is 17.7 Å². The summed E-state index contributed by atoms with van der Waals surface area (Å²) in [6.07, 6.45) is 6.04. The molecule has 1 aromatic heterocycles. The molecule has 0 unspecified atom stereocenters. The number of benzene rings is 2. The number of aromatic nitrogens is 2. The number of fused-ring (bicyclic) bond motifs is 1. The minimum atomic E-state index is -0.262. The summed E-state index contributed by atoms with van der Waals surface area (Å²) in [5.74, 6) is 0.458. The summed E-state index contributed by atoms with van der Waals surface area (Å²) in [5, 5.41) is 8.51. The number of nitrogens with one attached hydrogen (secondary N) is 1. The molecule has 4 rings (SSSR count). The van der Waals surface area contributed by atoms with Crippen LogP contribution in [0.25, 0.3) is 16.5 Å². The highest BCUT2D eigenvalue weighted by Gasteiger charge is 2.17. The molecule has 2 heterocycles. The van der Waals surface area contributed by atoms with Gasteiger partial charge in [-0.2, -0.15) is 9.78 Å². The summed E-state index contributed by atoms with van der Waals surface area (Å²) < 4.78 is 6.79. The number of carbonyl (C=O) groups excluding carboxylic acids is 1. The lowest BCUT2D eigenvalue weighted by molar-refractivity contribution is 0.0947. The van der Waals surface area contributed by atoms with Crippen LogP contribution in [0.4, 0.5) is 0 Å². The van der Waals surface area contributed by atoms with Crippen LogP contribution >= 0.6 is 0 Å². The Morgan fingerprint density at radius 2 is 1.70 bits per heavy atom. The van der Waals surface area contributed by atoms with Gasteiger partial charge in [0.25, 0.3) is 11.5 Å². The molecule has 1 amide bonds. The van der Waals surface area contributed by atoms with E-state index in [1.54, 1.807) is 42.5 Å². The Labute approximate surface area is 194 Å². The number of rotatable bonds is 8. The highest BCUT2D eigenvalue weighted by molar-refractivity contribution is 6.04. The Morgan fingerprint density at radius 1 is 1.00 bits per heavy atom. The van der Waals surface area contributed by atoms with Crippen molar-refractivity contribution in [1.29, 1.82) is 0 Å². The van der Waals surface area contributed by atoms with E-state index < -0.39 is 0 Å². The maximum Gasteiger partial charge on any atom is 0.279 e. The van der Waals surface area contributed by atoms with Gasteiger partial charge < -0.3 is 15.0 Å². The van der Waals surface area contributed by atoms with Crippen molar-refractivity contribution in [2.45, 2.75) is 39.0 Å². The minimum absolute atomic E-state index is 0.257. The molecule has 7 nitrogen and oxygen atoms in total. The molecule has 33 heavy (non-hydrogen) atoms. The van der Waals surface area contributed by atoms with Crippen LogP contribution in [0.3, 0.4) is 0 Å². The van der Waals surface area contributed by atoms with Crippen molar-refractivity contribution in [3.8, 4) is 11.4 Å². The van der Waals surface area contributed by atoms with Crippen LogP contribution in [-0.2, 0) is 0 Å². The zero-order valence-corrected chi connectivity index (χ0v) is 19.3. The number of nitrogens with zero attached hydrogens (tertiary/aromatic N) is 3. The van der Waals surface area contributed by atoms with Gasteiger partial charge in [-0.25, -0.2) is 0 Å². The van der Waals surface area contributed by atoms with Gasteiger partial charge in [-0.3, -0.25) is 9.59 Å². The molecule has 1 fully saturated rings. The van der Waals surface area contributed by atoms with E-state index in [0.29, 0.717) is 29.6 Å². The van der Waals surface area contributed by atoms with E-state index in [0.717, 1.165) is 31.8 Å². The summed E-state index contributed by atoms with van der Waals surface area (Å²) in [4.78, 5) is 28.7. The molecule has 0 spiro atoms. The number of hydrogen-bond acceptors (Lipinski definition) is 5. The van der Waals surface area contributed by atoms with Gasteiger partial charge >= 0.3 is 0 Å². The second kappa shape index (κ2) is 11.1. The van der Waals surface area contributed by atoms with Gasteiger partial charge in [0.2, 0.25) is 0 Å². The normalized spacial score (nSPS) is 14.7. The lowest BCUT2D eigenvalue weighted by Crippen LogP contribution is -2.32. The molecule has 0 radical (unpaired) electrons. The standard InChI is InChI=1S/C26H32N4O3/c1-2-33-21-14-12-20(13-15-21)30-26(32)23-11-6-5-10-22(23)24(28-30)25(31)27-16-9-19-29-17-7-3-4-8-18-29/h5-6,10-15H,2-4,7-9,16-19H2,1H3,(H,27,31). The average molecular weight is 449 g/mol. The third-order valence-electron chi connectivity index (χ3n) is 6.05. The molecule has 1 aliphatic heterocycles. The van der Waals surface area contributed by atoms with E-state index in [1.807, 2.05) is 13.0 Å². The zero-order chi connectivity index (χ0) is 23.0. The van der Waals surface area contributed by atoms with Gasteiger partial charge in [0.15, 0.2) is 5.69 Å². The van der Waals surface area contributed by atoms with Gasteiger partial charge in [0, 0.05) is 11.9 Å². The molecule has 3 aromatic rings. The highest BCUT2D eigenvalue weighted by Crippen LogP contribution is 2.18. The van der Waals surface area contributed by atoms with Crippen molar-refractivity contribution in [2.24, 2.45) is 0 Å². The lowest BCUT2D eigenvalue weighted by Gasteiger charge is -2.19. The van der Waals surface area contributed by atoms with Crippen molar-refractivity contribution >= 4 is 16.7 Å². The molecule has 174 valence electrons. The summed E-state index contributed by atoms with van der Waals surface area (Å²) in [6.45, 7) is 6.34. The second-order valence-electron chi connectivity index (χ2n) is 8.40. The summed E-state index contributed by atoms with van der Waals surface area (Å²) in [7, 11) is 0. The summed E-state index contributed by atoms with van der Waals surface area (Å²) in [6, 6.07) is 14.3. The van der Waals surface area contributed by atoms with E-state index in [9.17, 15) is 9.59 Å². The maximum absolute atomic E-state index is 13.1. The zero-order valence-electron chi connectivity index (χ0n) is 19.3. The molecule has 1 saturated heterocycles. The van der Waals surface area contributed by atoms with Gasteiger partial charge in [-0.05, 0) is 76.2 Å². The topological polar surface area (TPSA) is 76.5 Å². The van der Waals surface area contributed by atoms with Crippen molar-refractivity contribution in [1.82, 2.24) is 20.0 Å². The van der Waals surface area contributed by atoms with Gasteiger partial charge in [-0.15, -0.1) is 0 Å². The first-order chi connectivity index (χ1) is 16.2. The van der Waals surface area contributed by atoms with E-state index in [1.165, 1.54) is 30.4 Å². The van der Waals surface area contributed by atoms with Crippen molar-refractivity contribution in [2.75, 3.05) is 32.8 Å². The predicted molar refractivity (Wildman–Crippen MR) is 130 cm³/mol. The Morgan fingerprint density at radius 3 is 2.39 bits per heavy atom. The fourth-order valence-electron chi connectivity index (χ4n) is 4.33. The molecule has 7 heteroatoms. The third kappa shape index (κ3) is 5.60. The Bertz CT molecular complexity index is 1130. The average Bonchev–Trinajstić information content (AvgIpc) is 3.12. The largest absolute Gasteiger partial charge is 0.494 e. The molecule has 0 aliphatic carbocycles. The molecule has 0 atom stereocenters. The maximum atomic E-state index is 13.1. The molecular formula is C26H32N4O3. The molecule has 0 bridgehead atoms. The Balaban J connectivity index is 1.53. The van der Waals surface area contributed by atoms with E-state index >= 15 is 0 Å². The smallest absolute Gasteiger partial charge is 0.279 e. The van der Waals surface area contributed by atoms with Crippen LogP contribution < -0.4 is 15.6 Å². The molecule has 0 saturated carbocycles. The molecule has 1 aliphatic rings. The third-order valence-corrected chi connectivity index (χ3v) is 6.05. The SMILES string of the molecule is CCOc1ccc(-n2nc(C(=O)NCCCN3CCCCCC3)c3ccccc3c2=O)cc1.